The summed E-state index contributed by atoms with van der Waals surface area (Å²) in [5.41, 5.74) is 1.57. The largest absolute Gasteiger partial charge is 0.345 e. The number of amides is 1. The van der Waals surface area contributed by atoms with Crippen molar-refractivity contribution in [1.82, 2.24) is 5.32 Å². The molecule has 0 aromatic heterocycles. The van der Waals surface area contributed by atoms with E-state index in [9.17, 15) is 4.79 Å². The topological polar surface area (TPSA) is 29.1 Å². The molecule has 0 saturated carbocycles. The molecule has 3 aromatic carbocycles. The van der Waals surface area contributed by atoms with Crippen LogP contribution < -0.4 is 5.32 Å². The molecule has 3 heteroatoms. The quantitative estimate of drug-likeness (QED) is 0.726. The van der Waals surface area contributed by atoms with E-state index in [1.807, 2.05) is 37.3 Å². The number of hydrogen-bond acceptors (Lipinski definition) is 1. The predicted molar refractivity (Wildman–Crippen MR) is 91.3 cm³/mol. The van der Waals surface area contributed by atoms with E-state index in [0.717, 1.165) is 5.56 Å². The highest BCUT2D eigenvalue weighted by molar-refractivity contribution is 6.33. The van der Waals surface area contributed by atoms with Gasteiger partial charge < -0.3 is 5.32 Å². The molecule has 3 rings (SSSR count). The molecule has 110 valence electrons. The molecule has 0 aliphatic heterocycles. The Balaban J connectivity index is 1.82. The van der Waals surface area contributed by atoms with E-state index < -0.39 is 0 Å². The molecule has 0 aliphatic carbocycles. The summed E-state index contributed by atoms with van der Waals surface area (Å²) in [5, 5.41) is 5.81. The van der Waals surface area contributed by atoms with Crippen LogP contribution in [0.5, 0.6) is 0 Å². The van der Waals surface area contributed by atoms with Crippen LogP contribution in [0.2, 0.25) is 5.02 Å². The Labute approximate surface area is 134 Å². The van der Waals surface area contributed by atoms with Crippen molar-refractivity contribution >= 4 is 28.3 Å². The van der Waals surface area contributed by atoms with Crippen LogP contribution in [-0.4, -0.2) is 5.91 Å². The molecule has 0 unspecified atom stereocenters. The van der Waals surface area contributed by atoms with Gasteiger partial charge in [-0.05, 0) is 41.5 Å². The van der Waals surface area contributed by atoms with Crippen LogP contribution in [0.15, 0.2) is 66.7 Å². The molecule has 0 radical (unpaired) electrons. The molecule has 0 heterocycles. The Morgan fingerprint density at radius 1 is 0.955 bits per heavy atom. The van der Waals surface area contributed by atoms with Gasteiger partial charge in [0.1, 0.15) is 0 Å². The lowest BCUT2D eigenvalue weighted by Crippen LogP contribution is -2.26. The molecule has 2 nitrogen and oxygen atoms in total. The summed E-state index contributed by atoms with van der Waals surface area (Å²) < 4.78 is 0. The van der Waals surface area contributed by atoms with Crippen molar-refractivity contribution in [3.8, 4) is 0 Å². The lowest BCUT2D eigenvalue weighted by molar-refractivity contribution is 0.0940. The van der Waals surface area contributed by atoms with Gasteiger partial charge in [0.25, 0.3) is 5.91 Å². The van der Waals surface area contributed by atoms with E-state index in [1.54, 1.807) is 12.1 Å². The van der Waals surface area contributed by atoms with Crippen LogP contribution in [0.4, 0.5) is 0 Å². The number of carbonyl (C=O) groups excluding carboxylic acids is 1. The Bertz CT molecular complexity index is 828. The monoisotopic (exact) mass is 309 g/mol. The van der Waals surface area contributed by atoms with Gasteiger partial charge in [-0.1, -0.05) is 60.1 Å². The van der Waals surface area contributed by atoms with Gasteiger partial charge >= 0.3 is 0 Å². The highest BCUT2D eigenvalue weighted by Gasteiger charge is 2.14. The van der Waals surface area contributed by atoms with Crippen LogP contribution in [0.3, 0.4) is 0 Å². The van der Waals surface area contributed by atoms with E-state index in [4.69, 9.17) is 11.6 Å². The molecule has 1 N–H and O–H groups in total. The van der Waals surface area contributed by atoms with E-state index in [2.05, 4.69) is 29.6 Å². The van der Waals surface area contributed by atoms with Gasteiger partial charge in [0, 0.05) is 0 Å². The lowest BCUT2D eigenvalue weighted by atomic mass is 10.0. The SMILES string of the molecule is C[C@H](NC(=O)c1ccccc1Cl)c1ccc2ccccc2c1. The molecule has 0 bridgehead atoms. The number of carbonyl (C=O) groups is 1. The minimum atomic E-state index is -0.161. The zero-order valence-corrected chi connectivity index (χ0v) is 13.0. The number of hydrogen-bond donors (Lipinski definition) is 1. The normalized spacial score (nSPS) is 12.1. The Morgan fingerprint density at radius 3 is 2.41 bits per heavy atom. The molecule has 1 amide bonds. The summed E-state index contributed by atoms with van der Waals surface area (Å²) in [6.07, 6.45) is 0. The predicted octanol–water partition coefficient (Wildman–Crippen LogP) is 4.98. The van der Waals surface area contributed by atoms with E-state index >= 15 is 0 Å². The molecular formula is C19H16ClNO. The van der Waals surface area contributed by atoms with Gasteiger partial charge in [-0.2, -0.15) is 0 Å². The minimum Gasteiger partial charge on any atom is -0.345 e. The second kappa shape index (κ2) is 6.20. The summed E-state index contributed by atoms with van der Waals surface area (Å²) in [6.45, 7) is 1.97. The Hall–Kier alpha value is -2.32. The summed E-state index contributed by atoms with van der Waals surface area (Å²) in [4.78, 5) is 12.3. The standard InChI is InChI=1S/C19H16ClNO/c1-13(21-19(22)17-8-4-5-9-18(17)20)15-11-10-14-6-2-3-7-16(14)12-15/h2-13H,1H3,(H,21,22)/t13-/m0/s1. The van der Waals surface area contributed by atoms with Gasteiger partial charge in [-0.15, -0.1) is 0 Å². The highest BCUT2D eigenvalue weighted by Crippen LogP contribution is 2.21. The highest BCUT2D eigenvalue weighted by atomic mass is 35.5. The number of nitrogens with one attached hydrogen (secondary N) is 1. The summed E-state index contributed by atoms with van der Waals surface area (Å²) in [5.74, 6) is -0.161. The fraction of sp³-hybridized carbons (Fsp3) is 0.105. The van der Waals surface area contributed by atoms with Crippen molar-refractivity contribution in [3.63, 3.8) is 0 Å². The zero-order chi connectivity index (χ0) is 15.5. The lowest BCUT2D eigenvalue weighted by Gasteiger charge is -2.15. The van der Waals surface area contributed by atoms with Crippen molar-refractivity contribution < 1.29 is 4.79 Å². The molecular weight excluding hydrogens is 294 g/mol. The van der Waals surface area contributed by atoms with Crippen molar-refractivity contribution in [3.05, 3.63) is 82.9 Å². The molecule has 1 atom stereocenters. The molecule has 22 heavy (non-hydrogen) atoms. The number of halogens is 1. The van der Waals surface area contributed by atoms with Gasteiger partial charge in [0.05, 0.1) is 16.6 Å². The number of benzene rings is 3. The van der Waals surface area contributed by atoms with Gasteiger partial charge in [0.15, 0.2) is 0 Å². The average molecular weight is 310 g/mol. The summed E-state index contributed by atoms with van der Waals surface area (Å²) in [7, 11) is 0. The zero-order valence-electron chi connectivity index (χ0n) is 12.2. The Morgan fingerprint density at radius 2 is 1.64 bits per heavy atom. The molecule has 0 aliphatic rings. The van der Waals surface area contributed by atoms with E-state index in [0.29, 0.717) is 10.6 Å². The van der Waals surface area contributed by atoms with Gasteiger partial charge in [-0.3, -0.25) is 4.79 Å². The first-order valence-electron chi connectivity index (χ1n) is 7.19. The minimum absolute atomic E-state index is 0.0895. The second-order valence-corrected chi connectivity index (χ2v) is 5.69. The Kier molecular flexibility index (Phi) is 4.12. The maximum absolute atomic E-state index is 12.3. The average Bonchev–Trinajstić information content (AvgIpc) is 2.54. The fourth-order valence-electron chi connectivity index (χ4n) is 2.48. The van der Waals surface area contributed by atoms with Crippen LogP contribution >= 0.6 is 11.6 Å². The van der Waals surface area contributed by atoms with Gasteiger partial charge in [-0.25, -0.2) is 0 Å². The number of rotatable bonds is 3. The van der Waals surface area contributed by atoms with E-state index in [-0.39, 0.29) is 11.9 Å². The van der Waals surface area contributed by atoms with Crippen LogP contribution in [0, 0.1) is 0 Å². The number of fused-ring (bicyclic) bond motifs is 1. The van der Waals surface area contributed by atoms with Crippen LogP contribution in [-0.2, 0) is 0 Å². The maximum atomic E-state index is 12.3. The van der Waals surface area contributed by atoms with E-state index in [1.165, 1.54) is 10.8 Å². The third-order valence-corrected chi connectivity index (χ3v) is 4.07. The van der Waals surface area contributed by atoms with Crippen molar-refractivity contribution in [2.24, 2.45) is 0 Å². The first kappa shape index (κ1) is 14.6. The third kappa shape index (κ3) is 2.97. The molecule has 3 aromatic rings. The second-order valence-electron chi connectivity index (χ2n) is 5.28. The first-order valence-corrected chi connectivity index (χ1v) is 7.57. The molecule has 0 saturated heterocycles. The smallest absolute Gasteiger partial charge is 0.253 e. The van der Waals surface area contributed by atoms with Crippen molar-refractivity contribution in [1.29, 1.82) is 0 Å². The summed E-state index contributed by atoms with van der Waals surface area (Å²) >= 11 is 6.07. The third-order valence-electron chi connectivity index (χ3n) is 3.74. The maximum Gasteiger partial charge on any atom is 0.253 e. The van der Waals surface area contributed by atoms with Crippen LogP contribution in [0.25, 0.3) is 10.8 Å². The van der Waals surface area contributed by atoms with Gasteiger partial charge in [0.2, 0.25) is 0 Å². The first-order chi connectivity index (χ1) is 10.6. The summed E-state index contributed by atoms with van der Waals surface area (Å²) in [6, 6.07) is 21.4. The van der Waals surface area contributed by atoms with Crippen molar-refractivity contribution in [2.75, 3.05) is 0 Å². The fourth-order valence-corrected chi connectivity index (χ4v) is 2.70. The molecule has 0 fully saturated rings. The van der Waals surface area contributed by atoms with Crippen LogP contribution in [0.1, 0.15) is 28.9 Å². The molecule has 0 spiro atoms. The van der Waals surface area contributed by atoms with Crippen molar-refractivity contribution in [2.45, 2.75) is 13.0 Å².